The zero-order valence-corrected chi connectivity index (χ0v) is 14.8. The normalized spacial score (nSPS) is 24.0. The highest BCUT2D eigenvalue weighted by Gasteiger charge is 2.28. The van der Waals surface area contributed by atoms with Gasteiger partial charge in [-0.25, -0.2) is 4.79 Å². The summed E-state index contributed by atoms with van der Waals surface area (Å²) in [5.74, 6) is 0.409. The van der Waals surface area contributed by atoms with Crippen molar-refractivity contribution in [1.82, 2.24) is 5.32 Å². The molecule has 4 nitrogen and oxygen atoms in total. The minimum atomic E-state index is -0.449. The summed E-state index contributed by atoms with van der Waals surface area (Å²) in [5.41, 5.74) is 0.507. The first-order valence-corrected chi connectivity index (χ1v) is 9.35. The van der Waals surface area contributed by atoms with Crippen LogP contribution in [0.5, 0.6) is 0 Å². The van der Waals surface area contributed by atoms with Gasteiger partial charge < -0.3 is 10.1 Å². The van der Waals surface area contributed by atoms with Crippen molar-refractivity contribution in [3.63, 3.8) is 0 Å². The summed E-state index contributed by atoms with van der Waals surface area (Å²) in [6.07, 6.45) is 5.26. The molecule has 3 unspecified atom stereocenters. The highest BCUT2D eigenvalue weighted by atomic mass is 32.2. The first kappa shape index (κ1) is 17.9. The van der Waals surface area contributed by atoms with Crippen molar-refractivity contribution < 1.29 is 14.3 Å². The lowest BCUT2D eigenvalue weighted by Crippen LogP contribution is -2.45. The SMILES string of the molecule is CSc1ccccc1C(=O)OCC(=O)NC1CCCC(C)C1C. The fourth-order valence-electron chi connectivity index (χ4n) is 3.06. The zero-order valence-electron chi connectivity index (χ0n) is 14.0. The number of carbonyl (C=O) groups excluding carboxylic acids is 2. The third kappa shape index (κ3) is 4.74. The number of amides is 1. The first-order chi connectivity index (χ1) is 11.0. The summed E-state index contributed by atoms with van der Waals surface area (Å²) in [6.45, 7) is 4.18. The van der Waals surface area contributed by atoms with Crippen LogP contribution in [-0.4, -0.2) is 30.8 Å². The number of thioether (sulfide) groups is 1. The van der Waals surface area contributed by atoms with Gasteiger partial charge in [-0.2, -0.15) is 0 Å². The first-order valence-electron chi connectivity index (χ1n) is 8.12. The lowest BCUT2D eigenvalue weighted by atomic mass is 9.78. The van der Waals surface area contributed by atoms with E-state index in [0.717, 1.165) is 17.7 Å². The molecule has 23 heavy (non-hydrogen) atoms. The van der Waals surface area contributed by atoms with Crippen molar-refractivity contribution >= 4 is 23.6 Å². The number of esters is 1. The van der Waals surface area contributed by atoms with Gasteiger partial charge >= 0.3 is 5.97 Å². The maximum absolute atomic E-state index is 12.1. The van der Waals surface area contributed by atoms with E-state index in [9.17, 15) is 9.59 Å². The lowest BCUT2D eigenvalue weighted by molar-refractivity contribution is -0.125. The van der Waals surface area contributed by atoms with Crippen LogP contribution in [0.2, 0.25) is 0 Å². The van der Waals surface area contributed by atoms with Gasteiger partial charge in [0.25, 0.3) is 5.91 Å². The van der Waals surface area contributed by atoms with Crippen molar-refractivity contribution in [3.8, 4) is 0 Å². The summed E-state index contributed by atoms with van der Waals surface area (Å²) in [6, 6.07) is 7.44. The van der Waals surface area contributed by atoms with Crippen molar-refractivity contribution in [2.24, 2.45) is 11.8 Å². The van der Waals surface area contributed by atoms with Crippen LogP contribution in [0.4, 0.5) is 0 Å². The number of hydrogen-bond acceptors (Lipinski definition) is 4. The van der Waals surface area contributed by atoms with E-state index < -0.39 is 5.97 Å². The number of hydrogen-bond donors (Lipinski definition) is 1. The van der Waals surface area contributed by atoms with Crippen LogP contribution in [-0.2, 0) is 9.53 Å². The molecule has 5 heteroatoms. The Kier molecular flexibility index (Phi) is 6.51. The number of ether oxygens (including phenoxy) is 1. The second-order valence-corrected chi connectivity index (χ2v) is 7.07. The molecule has 1 aliphatic carbocycles. The highest BCUT2D eigenvalue weighted by Crippen LogP contribution is 2.29. The van der Waals surface area contributed by atoms with E-state index in [2.05, 4.69) is 19.2 Å². The van der Waals surface area contributed by atoms with Gasteiger partial charge in [0.1, 0.15) is 0 Å². The van der Waals surface area contributed by atoms with Gasteiger partial charge in [0.05, 0.1) is 5.56 Å². The van der Waals surface area contributed by atoms with E-state index in [4.69, 9.17) is 4.74 Å². The van der Waals surface area contributed by atoms with Crippen LogP contribution < -0.4 is 5.32 Å². The number of benzene rings is 1. The van der Waals surface area contributed by atoms with Crippen LogP contribution in [0.15, 0.2) is 29.2 Å². The molecule has 126 valence electrons. The highest BCUT2D eigenvalue weighted by molar-refractivity contribution is 7.98. The molecular weight excluding hydrogens is 310 g/mol. The van der Waals surface area contributed by atoms with E-state index in [0.29, 0.717) is 17.4 Å². The lowest BCUT2D eigenvalue weighted by Gasteiger charge is -2.34. The topological polar surface area (TPSA) is 55.4 Å². The van der Waals surface area contributed by atoms with E-state index in [1.54, 1.807) is 12.1 Å². The molecule has 1 aromatic carbocycles. The van der Waals surface area contributed by atoms with Gasteiger partial charge in [-0.3, -0.25) is 4.79 Å². The fourth-order valence-corrected chi connectivity index (χ4v) is 3.64. The molecule has 1 aromatic rings. The Balaban J connectivity index is 1.85. The largest absolute Gasteiger partial charge is 0.452 e. The second-order valence-electron chi connectivity index (χ2n) is 6.22. The molecular formula is C18H25NO3S. The van der Waals surface area contributed by atoms with Crippen LogP contribution in [0.1, 0.15) is 43.5 Å². The molecule has 0 aliphatic heterocycles. The zero-order chi connectivity index (χ0) is 16.8. The average molecular weight is 335 g/mol. The van der Waals surface area contributed by atoms with Crippen LogP contribution in [0.25, 0.3) is 0 Å². The molecule has 3 atom stereocenters. The van der Waals surface area contributed by atoms with Crippen molar-refractivity contribution in [2.45, 2.75) is 44.0 Å². The fraction of sp³-hybridized carbons (Fsp3) is 0.556. The standard InChI is InChI=1S/C18H25NO3S/c1-12-7-6-9-15(13(12)2)19-17(20)11-22-18(21)14-8-4-5-10-16(14)23-3/h4-5,8,10,12-13,15H,6-7,9,11H2,1-3H3,(H,19,20). The summed E-state index contributed by atoms with van der Waals surface area (Å²) in [4.78, 5) is 25.0. The predicted octanol–water partition coefficient (Wildman–Crippen LogP) is 3.51. The second kappa shape index (κ2) is 8.39. The average Bonchev–Trinajstić information content (AvgIpc) is 2.56. The van der Waals surface area contributed by atoms with Gasteiger partial charge in [0, 0.05) is 10.9 Å². The Bertz CT molecular complexity index is 561. The third-order valence-electron chi connectivity index (χ3n) is 4.71. The van der Waals surface area contributed by atoms with Gasteiger partial charge in [-0.05, 0) is 36.6 Å². The summed E-state index contributed by atoms with van der Waals surface area (Å²) >= 11 is 1.49. The predicted molar refractivity (Wildman–Crippen MR) is 92.6 cm³/mol. The Morgan fingerprint density at radius 3 is 2.74 bits per heavy atom. The summed E-state index contributed by atoms with van der Waals surface area (Å²) in [7, 11) is 0. The maximum atomic E-state index is 12.1. The van der Waals surface area contributed by atoms with Crippen molar-refractivity contribution in [3.05, 3.63) is 29.8 Å². The molecule has 0 spiro atoms. The molecule has 1 fully saturated rings. The van der Waals surface area contributed by atoms with E-state index in [1.807, 2.05) is 18.4 Å². The molecule has 0 heterocycles. The molecule has 0 aromatic heterocycles. The molecule has 0 saturated heterocycles. The third-order valence-corrected chi connectivity index (χ3v) is 5.51. The van der Waals surface area contributed by atoms with Gasteiger partial charge in [-0.1, -0.05) is 38.8 Å². The van der Waals surface area contributed by atoms with Crippen molar-refractivity contribution in [2.75, 3.05) is 12.9 Å². The molecule has 1 amide bonds. The van der Waals surface area contributed by atoms with E-state index in [-0.39, 0.29) is 18.6 Å². The molecule has 1 aliphatic rings. The van der Waals surface area contributed by atoms with E-state index in [1.165, 1.54) is 18.2 Å². The number of rotatable bonds is 5. The molecule has 0 bridgehead atoms. The smallest absolute Gasteiger partial charge is 0.339 e. The monoisotopic (exact) mass is 335 g/mol. The summed E-state index contributed by atoms with van der Waals surface area (Å²) in [5, 5.41) is 3.01. The van der Waals surface area contributed by atoms with Crippen LogP contribution in [0.3, 0.4) is 0 Å². The molecule has 1 saturated carbocycles. The molecule has 2 rings (SSSR count). The van der Waals surface area contributed by atoms with Crippen molar-refractivity contribution in [1.29, 1.82) is 0 Å². The maximum Gasteiger partial charge on any atom is 0.339 e. The van der Waals surface area contributed by atoms with E-state index >= 15 is 0 Å². The quantitative estimate of drug-likeness (QED) is 0.661. The van der Waals surface area contributed by atoms with Gasteiger partial charge in [0.2, 0.25) is 0 Å². The Labute approximate surface area is 142 Å². The number of nitrogens with one attached hydrogen (secondary N) is 1. The Morgan fingerprint density at radius 2 is 2.00 bits per heavy atom. The minimum Gasteiger partial charge on any atom is -0.452 e. The number of carbonyl (C=O) groups is 2. The van der Waals surface area contributed by atoms with Crippen LogP contribution >= 0.6 is 11.8 Å². The van der Waals surface area contributed by atoms with Gasteiger partial charge in [0.15, 0.2) is 6.61 Å². The van der Waals surface area contributed by atoms with Gasteiger partial charge in [-0.15, -0.1) is 11.8 Å². The molecule has 1 N–H and O–H groups in total. The Morgan fingerprint density at radius 1 is 1.26 bits per heavy atom. The van der Waals surface area contributed by atoms with Crippen LogP contribution in [0, 0.1) is 11.8 Å². The minimum absolute atomic E-state index is 0.184. The Hall–Kier alpha value is -1.49. The molecule has 0 radical (unpaired) electrons. The summed E-state index contributed by atoms with van der Waals surface area (Å²) < 4.78 is 5.17.